The molecule has 0 bridgehead atoms. The number of H-pyrrole nitrogens is 1. The lowest BCUT2D eigenvalue weighted by Gasteiger charge is -2.01. The van der Waals surface area contributed by atoms with Gasteiger partial charge in [-0.25, -0.2) is 4.98 Å². The van der Waals surface area contributed by atoms with E-state index in [1.165, 1.54) is 11.3 Å². The molecule has 0 fully saturated rings. The number of rotatable bonds is 2. The molecule has 2 rings (SSSR count). The SMILES string of the molecule is CCc1c(O)nc(-c2nc(C)cs2)[nH]c1=O. The number of aromatic hydroxyl groups is 1. The standard InChI is InChI=1S/C10H11N3O2S/c1-3-6-8(14)12-7(13-9(6)15)10-11-5(2)4-16-10/h4H,3H2,1-2H3,(H2,12,13,14,15). The van der Waals surface area contributed by atoms with Crippen LogP contribution in [0.1, 0.15) is 18.2 Å². The molecule has 0 saturated carbocycles. The topological polar surface area (TPSA) is 78.9 Å². The Hall–Kier alpha value is -1.69. The van der Waals surface area contributed by atoms with E-state index in [0.29, 0.717) is 22.8 Å². The molecule has 2 heterocycles. The van der Waals surface area contributed by atoms with E-state index in [9.17, 15) is 9.90 Å². The zero-order valence-electron chi connectivity index (χ0n) is 8.94. The molecule has 0 unspecified atom stereocenters. The molecular formula is C10H11N3O2S. The quantitative estimate of drug-likeness (QED) is 0.829. The Morgan fingerprint density at radius 1 is 1.50 bits per heavy atom. The third-order valence-electron chi connectivity index (χ3n) is 2.17. The van der Waals surface area contributed by atoms with Crippen LogP contribution in [0.25, 0.3) is 10.8 Å². The highest BCUT2D eigenvalue weighted by Crippen LogP contribution is 2.21. The van der Waals surface area contributed by atoms with Crippen molar-refractivity contribution >= 4 is 11.3 Å². The minimum atomic E-state index is -0.308. The summed E-state index contributed by atoms with van der Waals surface area (Å²) in [7, 11) is 0. The molecule has 2 aromatic heterocycles. The molecule has 0 aliphatic carbocycles. The molecule has 5 nitrogen and oxygen atoms in total. The molecule has 2 N–H and O–H groups in total. The number of aromatic amines is 1. The summed E-state index contributed by atoms with van der Waals surface area (Å²) in [5.74, 6) is 0.104. The van der Waals surface area contributed by atoms with Crippen LogP contribution in [0.5, 0.6) is 5.88 Å². The van der Waals surface area contributed by atoms with Crippen LogP contribution >= 0.6 is 11.3 Å². The van der Waals surface area contributed by atoms with Gasteiger partial charge in [0.25, 0.3) is 5.56 Å². The summed E-state index contributed by atoms with van der Waals surface area (Å²) in [5.41, 5.74) is 0.858. The maximum atomic E-state index is 11.6. The molecule has 0 spiro atoms. The molecule has 0 aromatic carbocycles. The molecule has 0 aliphatic rings. The van der Waals surface area contributed by atoms with Gasteiger partial charge in [-0.3, -0.25) is 4.79 Å². The number of aryl methyl sites for hydroxylation is 1. The summed E-state index contributed by atoms with van der Waals surface area (Å²) in [4.78, 5) is 22.3. The first-order valence-corrected chi connectivity index (χ1v) is 5.74. The summed E-state index contributed by atoms with van der Waals surface area (Å²) < 4.78 is 0. The fourth-order valence-electron chi connectivity index (χ4n) is 1.37. The van der Waals surface area contributed by atoms with Crippen LogP contribution in [-0.4, -0.2) is 20.1 Å². The molecule has 0 amide bonds. The van der Waals surface area contributed by atoms with Crippen molar-refractivity contribution in [2.75, 3.05) is 0 Å². The van der Waals surface area contributed by atoms with Gasteiger partial charge < -0.3 is 10.1 Å². The van der Waals surface area contributed by atoms with E-state index in [0.717, 1.165) is 5.69 Å². The van der Waals surface area contributed by atoms with E-state index in [1.54, 1.807) is 6.92 Å². The van der Waals surface area contributed by atoms with E-state index in [2.05, 4.69) is 15.0 Å². The second kappa shape index (κ2) is 4.05. The summed E-state index contributed by atoms with van der Waals surface area (Å²) in [6.45, 7) is 3.65. The van der Waals surface area contributed by atoms with Gasteiger partial charge in [0.05, 0.1) is 5.56 Å². The van der Waals surface area contributed by atoms with Crippen LogP contribution in [0, 0.1) is 6.92 Å². The van der Waals surface area contributed by atoms with Crippen LogP contribution in [0.15, 0.2) is 10.2 Å². The first kappa shape index (κ1) is 10.8. The highest BCUT2D eigenvalue weighted by molar-refractivity contribution is 7.13. The zero-order chi connectivity index (χ0) is 11.7. The van der Waals surface area contributed by atoms with Crippen molar-refractivity contribution in [3.63, 3.8) is 0 Å². The molecule has 0 aliphatic heterocycles. The summed E-state index contributed by atoms with van der Waals surface area (Å²) in [5, 5.41) is 12.1. The lowest BCUT2D eigenvalue weighted by atomic mass is 10.2. The molecule has 6 heteroatoms. The normalized spacial score (nSPS) is 10.6. The van der Waals surface area contributed by atoms with Gasteiger partial charge in [-0.15, -0.1) is 11.3 Å². The monoisotopic (exact) mass is 237 g/mol. The van der Waals surface area contributed by atoms with Gasteiger partial charge in [0, 0.05) is 11.1 Å². The van der Waals surface area contributed by atoms with E-state index < -0.39 is 0 Å². The van der Waals surface area contributed by atoms with Crippen molar-refractivity contribution < 1.29 is 5.11 Å². The third-order valence-corrected chi connectivity index (χ3v) is 3.14. The van der Waals surface area contributed by atoms with Crippen LogP contribution in [0.3, 0.4) is 0 Å². The van der Waals surface area contributed by atoms with E-state index in [-0.39, 0.29) is 11.4 Å². The van der Waals surface area contributed by atoms with Crippen LogP contribution < -0.4 is 5.56 Å². The molecule has 84 valence electrons. The lowest BCUT2D eigenvalue weighted by Crippen LogP contribution is -2.14. The number of nitrogens with zero attached hydrogens (tertiary/aromatic N) is 2. The Bertz CT molecular complexity index is 574. The van der Waals surface area contributed by atoms with Crippen molar-refractivity contribution in [3.8, 4) is 16.7 Å². The highest BCUT2D eigenvalue weighted by Gasteiger charge is 2.11. The molecule has 0 saturated heterocycles. The fraction of sp³-hybridized carbons (Fsp3) is 0.300. The Morgan fingerprint density at radius 2 is 2.25 bits per heavy atom. The molecule has 0 radical (unpaired) electrons. The van der Waals surface area contributed by atoms with Gasteiger partial charge in [0.2, 0.25) is 5.88 Å². The van der Waals surface area contributed by atoms with Crippen LogP contribution in [0.2, 0.25) is 0 Å². The smallest absolute Gasteiger partial charge is 0.258 e. The largest absolute Gasteiger partial charge is 0.493 e. The second-order valence-electron chi connectivity index (χ2n) is 3.36. The Kier molecular flexibility index (Phi) is 2.74. The van der Waals surface area contributed by atoms with Gasteiger partial charge in [-0.1, -0.05) is 6.92 Å². The van der Waals surface area contributed by atoms with Crippen LogP contribution in [-0.2, 0) is 6.42 Å². The average Bonchev–Trinajstić information content (AvgIpc) is 2.64. The Labute approximate surface area is 95.8 Å². The number of hydrogen-bond donors (Lipinski definition) is 2. The Balaban J connectivity index is 2.56. The van der Waals surface area contributed by atoms with Crippen molar-refractivity contribution in [3.05, 3.63) is 27.0 Å². The molecular weight excluding hydrogens is 226 g/mol. The number of aromatic nitrogens is 3. The van der Waals surface area contributed by atoms with E-state index in [1.807, 2.05) is 12.3 Å². The van der Waals surface area contributed by atoms with Crippen LogP contribution in [0.4, 0.5) is 0 Å². The second-order valence-corrected chi connectivity index (χ2v) is 4.22. The average molecular weight is 237 g/mol. The van der Waals surface area contributed by atoms with Crippen molar-refractivity contribution in [2.24, 2.45) is 0 Å². The van der Waals surface area contributed by atoms with E-state index in [4.69, 9.17) is 0 Å². The number of nitrogens with one attached hydrogen (secondary N) is 1. The van der Waals surface area contributed by atoms with Gasteiger partial charge in [0.1, 0.15) is 0 Å². The summed E-state index contributed by atoms with van der Waals surface area (Å²) in [6.07, 6.45) is 0.450. The van der Waals surface area contributed by atoms with E-state index >= 15 is 0 Å². The molecule has 2 aromatic rings. The fourth-order valence-corrected chi connectivity index (χ4v) is 2.11. The minimum Gasteiger partial charge on any atom is -0.493 e. The summed E-state index contributed by atoms with van der Waals surface area (Å²) in [6, 6.07) is 0. The first-order chi connectivity index (χ1) is 7.61. The third kappa shape index (κ3) is 1.83. The van der Waals surface area contributed by atoms with Gasteiger partial charge in [-0.05, 0) is 13.3 Å². The van der Waals surface area contributed by atoms with Crippen molar-refractivity contribution in [2.45, 2.75) is 20.3 Å². The zero-order valence-corrected chi connectivity index (χ0v) is 9.76. The van der Waals surface area contributed by atoms with Crippen molar-refractivity contribution in [1.29, 1.82) is 0 Å². The van der Waals surface area contributed by atoms with Gasteiger partial charge in [0.15, 0.2) is 10.8 Å². The Morgan fingerprint density at radius 3 is 2.75 bits per heavy atom. The maximum absolute atomic E-state index is 11.6. The van der Waals surface area contributed by atoms with Crippen molar-refractivity contribution in [1.82, 2.24) is 15.0 Å². The van der Waals surface area contributed by atoms with Gasteiger partial charge in [-0.2, -0.15) is 4.98 Å². The maximum Gasteiger partial charge on any atom is 0.258 e. The lowest BCUT2D eigenvalue weighted by molar-refractivity contribution is 0.444. The number of thiazole rings is 1. The number of hydrogen-bond acceptors (Lipinski definition) is 5. The summed E-state index contributed by atoms with van der Waals surface area (Å²) >= 11 is 1.38. The van der Waals surface area contributed by atoms with Gasteiger partial charge >= 0.3 is 0 Å². The minimum absolute atomic E-state index is 0.214. The highest BCUT2D eigenvalue weighted by atomic mass is 32.1. The molecule has 0 atom stereocenters. The first-order valence-electron chi connectivity index (χ1n) is 4.86. The predicted octanol–water partition coefficient (Wildman–Crippen LogP) is 1.47. The predicted molar refractivity (Wildman–Crippen MR) is 61.7 cm³/mol. The molecule has 16 heavy (non-hydrogen) atoms.